The predicted octanol–water partition coefficient (Wildman–Crippen LogP) is 3.14. The van der Waals surface area contributed by atoms with Crippen molar-refractivity contribution < 1.29 is 4.79 Å². The van der Waals surface area contributed by atoms with Crippen molar-refractivity contribution in [2.45, 2.75) is 25.7 Å². The van der Waals surface area contributed by atoms with Crippen LogP contribution >= 0.6 is 0 Å². The van der Waals surface area contributed by atoms with Crippen LogP contribution in [0, 0.1) is 6.92 Å². The molecule has 6 heteroatoms. The first-order chi connectivity index (χ1) is 12.6. The number of aryl methyl sites for hydroxylation is 2. The summed E-state index contributed by atoms with van der Waals surface area (Å²) < 4.78 is 1.78. The SMILES string of the molecule is Cc1ccc(-c2cn[nH]c2[C@@H]2CCCN(C(=O)c3nccn3C)C2)cc1. The highest BCUT2D eigenvalue weighted by atomic mass is 16.2. The second kappa shape index (κ2) is 6.78. The molecule has 1 aliphatic rings. The molecule has 2 aromatic heterocycles. The molecule has 134 valence electrons. The van der Waals surface area contributed by atoms with Crippen molar-refractivity contribution in [1.82, 2.24) is 24.6 Å². The average Bonchev–Trinajstić information content (AvgIpc) is 3.31. The van der Waals surface area contributed by atoms with Gasteiger partial charge in [-0.25, -0.2) is 4.98 Å². The lowest BCUT2D eigenvalue weighted by Crippen LogP contribution is -2.40. The minimum absolute atomic E-state index is 0.00130. The Morgan fingerprint density at radius 2 is 2.08 bits per heavy atom. The number of H-pyrrole nitrogens is 1. The molecule has 1 N–H and O–H groups in total. The van der Waals surface area contributed by atoms with Gasteiger partial charge in [-0.1, -0.05) is 29.8 Å². The van der Waals surface area contributed by atoms with Gasteiger partial charge in [-0.05, 0) is 25.3 Å². The summed E-state index contributed by atoms with van der Waals surface area (Å²) in [5.41, 5.74) is 4.64. The van der Waals surface area contributed by atoms with Crippen LogP contribution < -0.4 is 0 Å². The molecule has 1 atom stereocenters. The van der Waals surface area contributed by atoms with E-state index in [4.69, 9.17) is 0 Å². The van der Waals surface area contributed by atoms with Gasteiger partial charge in [-0.15, -0.1) is 0 Å². The number of hydrogen-bond acceptors (Lipinski definition) is 3. The summed E-state index contributed by atoms with van der Waals surface area (Å²) in [6.45, 7) is 3.55. The van der Waals surface area contributed by atoms with Gasteiger partial charge in [0.05, 0.1) is 6.20 Å². The van der Waals surface area contributed by atoms with Crippen molar-refractivity contribution in [3.05, 3.63) is 59.9 Å². The molecule has 0 saturated carbocycles. The molecular formula is C20H23N5O. The van der Waals surface area contributed by atoms with Gasteiger partial charge < -0.3 is 9.47 Å². The number of carbonyl (C=O) groups is 1. The topological polar surface area (TPSA) is 66.8 Å². The molecule has 0 unspecified atom stereocenters. The van der Waals surface area contributed by atoms with Crippen LogP contribution in [0.4, 0.5) is 0 Å². The van der Waals surface area contributed by atoms with Crippen LogP contribution in [-0.2, 0) is 7.05 Å². The summed E-state index contributed by atoms with van der Waals surface area (Å²) in [5, 5.41) is 7.47. The number of rotatable bonds is 3. The summed E-state index contributed by atoms with van der Waals surface area (Å²) in [6.07, 6.45) is 7.39. The Balaban J connectivity index is 1.57. The van der Waals surface area contributed by atoms with Gasteiger partial charge in [0.25, 0.3) is 5.91 Å². The zero-order valence-electron chi connectivity index (χ0n) is 15.1. The minimum atomic E-state index is -0.00130. The number of amides is 1. The lowest BCUT2D eigenvalue weighted by atomic mass is 9.90. The average molecular weight is 349 g/mol. The van der Waals surface area contributed by atoms with E-state index in [0.717, 1.165) is 36.2 Å². The van der Waals surface area contributed by atoms with Crippen molar-refractivity contribution in [1.29, 1.82) is 0 Å². The number of hydrogen-bond donors (Lipinski definition) is 1. The van der Waals surface area contributed by atoms with Crippen LogP contribution in [0.2, 0.25) is 0 Å². The molecule has 1 aromatic carbocycles. The number of nitrogens with zero attached hydrogens (tertiary/aromatic N) is 4. The number of nitrogens with one attached hydrogen (secondary N) is 1. The molecule has 1 saturated heterocycles. The monoisotopic (exact) mass is 349 g/mol. The minimum Gasteiger partial charge on any atom is -0.335 e. The lowest BCUT2D eigenvalue weighted by molar-refractivity contribution is 0.0690. The third-order valence-corrected chi connectivity index (χ3v) is 5.16. The highest BCUT2D eigenvalue weighted by Gasteiger charge is 2.29. The quantitative estimate of drug-likeness (QED) is 0.790. The van der Waals surface area contributed by atoms with E-state index in [0.29, 0.717) is 12.4 Å². The molecule has 1 fully saturated rings. The van der Waals surface area contributed by atoms with Gasteiger partial charge in [0.2, 0.25) is 0 Å². The summed E-state index contributed by atoms with van der Waals surface area (Å²) in [7, 11) is 1.85. The molecule has 0 radical (unpaired) electrons. The number of likely N-dealkylation sites (tertiary alicyclic amines) is 1. The largest absolute Gasteiger partial charge is 0.335 e. The fourth-order valence-electron chi connectivity index (χ4n) is 3.68. The van der Waals surface area contributed by atoms with Crippen molar-refractivity contribution in [3.8, 4) is 11.1 Å². The molecule has 4 rings (SSSR count). The summed E-state index contributed by atoms with van der Waals surface area (Å²) in [5.74, 6) is 0.749. The Labute approximate surface area is 152 Å². The normalized spacial score (nSPS) is 17.5. The van der Waals surface area contributed by atoms with Gasteiger partial charge in [0.15, 0.2) is 5.82 Å². The fourth-order valence-corrected chi connectivity index (χ4v) is 3.68. The molecule has 6 nitrogen and oxygen atoms in total. The Morgan fingerprint density at radius 3 is 2.81 bits per heavy atom. The number of benzene rings is 1. The maximum Gasteiger partial charge on any atom is 0.289 e. The smallest absolute Gasteiger partial charge is 0.289 e. The van der Waals surface area contributed by atoms with Crippen molar-refractivity contribution in [3.63, 3.8) is 0 Å². The van der Waals surface area contributed by atoms with Crippen LogP contribution in [0.25, 0.3) is 11.1 Å². The zero-order chi connectivity index (χ0) is 18.1. The van der Waals surface area contributed by atoms with Gasteiger partial charge in [-0.3, -0.25) is 9.89 Å². The second-order valence-electron chi connectivity index (χ2n) is 7.02. The number of imidazole rings is 1. The first kappa shape index (κ1) is 16.6. The van der Waals surface area contributed by atoms with Gasteiger partial charge in [-0.2, -0.15) is 5.10 Å². The number of aromatic amines is 1. The lowest BCUT2D eigenvalue weighted by Gasteiger charge is -2.32. The first-order valence-electron chi connectivity index (χ1n) is 9.00. The van der Waals surface area contributed by atoms with Gasteiger partial charge in [0.1, 0.15) is 0 Å². The van der Waals surface area contributed by atoms with Gasteiger partial charge >= 0.3 is 0 Å². The van der Waals surface area contributed by atoms with E-state index >= 15 is 0 Å². The third-order valence-electron chi connectivity index (χ3n) is 5.16. The standard InChI is InChI=1S/C20H23N5O/c1-14-5-7-15(8-6-14)17-12-22-23-18(17)16-4-3-10-25(13-16)20(26)19-21-9-11-24(19)2/h5-9,11-12,16H,3-4,10,13H2,1-2H3,(H,22,23)/t16-/m1/s1. The predicted molar refractivity (Wildman–Crippen MR) is 99.8 cm³/mol. The first-order valence-corrected chi connectivity index (χ1v) is 9.00. The van der Waals surface area contributed by atoms with E-state index in [-0.39, 0.29) is 11.8 Å². The Kier molecular flexibility index (Phi) is 4.32. The molecule has 0 bridgehead atoms. The van der Waals surface area contributed by atoms with Crippen LogP contribution in [0.3, 0.4) is 0 Å². The van der Waals surface area contributed by atoms with Crippen molar-refractivity contribution in [2.75, 3.05) is 13.1 Å². The molecule has 3 aromatic rings. The van der Waals surface area contributed by atoms with Crippen LogP contribution in [0.5, 0.6) is 0 Å². The third kappa shape index (κ3) is 3.03. The Bertz CT molecular complexity index is 908. The Morgan fingerprint density at radius 1 is 1.27 bits per heavy atom. The van der Waals surface area contributed by atoms with Crippen molar-refractivity contribution in [2.24, 2.45) is 7.05 Å². The van der Waals surface area contributed by atoms with Crippen molar-refractivity contribution >= 4 is 5.91 Å². The van der Waals surface area contributed by atoms with Crippen LogP contribution in [-0.4, -0.2) is 43.6 Å². The second-order valence-corrected chi connectivity index (χ2v) is 7.02. The van der Waals surface area contributed by atoms with Crippen LogP contribution in [0.1, 0.15) is 40.6 Å². The highest BCUT2D eigenvalue weighted by Crippen LogP contribution is 2.33. The van der Waals surface area contributed by atoms with Crippen LogP contribution in [0.15, 0.2) is 42.9 Å². The maximum absolute atomic E-state index is 12.8. The maximum atomic E-state index is 12.8. The fraction of sp³-hybridized carbons (Fsp3) is 0.350. The number of carbonyl (C=O) groups excluding carboxylic acids is 1. The van der Waals surface area contributed by atoms with E-state index in [1.165, 1.54) is 5.56 Å². The van der Waals surface area contributed by atoms with E-state index in [1.807, 2.05) is 18.1 Å². The van der Waals surface area contributed by atoms with E-state index in [1.54, 1.807) is 17.0 Å². The molecule has 0 spiro atoms. The molecule has 26 heavy (non-hydrogen) atoms. The summed E-state index contributed by atoms with van der Waals surface area (Å²) in [4.78, 5) is 18.9. The zero-order valence-corrected chi connectivity index (χ0v) is 15.1. The summed E-state index contributed by atoms with van der Waals surface area (Å²) >= 11 is 0. The molecule has 1 aliphatic heterocycles. The summed E-state index contributed by atoms with van der Waals surface area (Å²) in [6, 6.07) is 8.49. The Hall–Kier alpha value is -2.89. The number of aromatic nitrogens is 4. The van der Waals surface area contributed by atoms with E-state index in [9.17, 15) is 4.79 Å². The number of piperidine rings is 1. The highest BCUT2D eigenvalue weighted by molar-refractivity contribution is 5.91. The van der Waals surface area contributed by atoms with E-state index in [2.05, 4.69) is 46.4 Å². The van der Waals surface area contributed by atoms with E-state index < -0.39 is 0 Å². The molecule has 3 heterocycles. The van der Waals surface area contributed by atoms with Gasteiger partial charge in [0, 0.05) is 49.7 Å². The molecular weight excluding hydrogens is 326 g/mol. The molecule has 1 amide bonds. The molecule has 0 aliphatic carbocycles.